The second kappa shape index (κ2) is 12.0. The molecule has 0 aromatic heterocycles. The highest BCUT2D eigenvalue weighted by atomic mass is 16.6. The molecule has 26 heavy (non-hydrogen) atoms. The standard InChI is InChI=1S/C19H39N3O4/c1-18(2,3)25-16(23)20-12-8-10-14-22(7)15-11-9-13-21-17(24)26-19(4,5)6/h8-15H2,1-7H3,(H,20,23)(H,21,24). The van der Waals surface area contributed by atoms with E-state index in [2.05, 4.69) is 22.6 Å². The molecule has 0 aromatic carbocycles. The third-order valence-electron chi connectivity index (χ3n) is 3.27. The van der Waals surface area contributed by atoms with Crippen molar-refractivity contribution in [2.24, 2.45) is 0 Å². The quantitative estimate of drug-likeness (QED) is 0.573. The molecule has 0 aliphatic heterocycles. The number of unbranched alkanes of at least 4 members (excludes halogenated alkanes) is 2. The molecule has 0 heterocycles. The van der Waals surface area contributed by atoms with Crippen molar-refractivity contribution in [1.82, 2.24) is 15.5 Å². The van der Waals surface area contributed by atoms with E-state index in [1.807, 2.05) is 41.5 Å². The summed E-state index contributed by atoms with van der Waals surface area (Å²) in [6, 6.07) is 0. The van der Waals surface area contributed by atoms with Gasteiger partial charge in [-0.2, -0.15) is 0 Å². The Kier molecular flexibility index (Phi) is 11.3. The van der Waals surface area contributed by atoms with Crippen LogP contribution in [0.1, 0.15) is 67.2 Å². The Bertz CT molecular complexity index is 376. The van der Waals surface area contributed by atoms with Gasteiger partial charge in [0.15, 0.2) is 0 Å². The van der Waals surface area contributed by atoms with Crippen LogP contribution in [0.15, 0.2) is 0 Å². The minimum atomic E-state index is -0.456. The Hall–Kier alpha value is -1.50. The average molecular weight is 374 g/mol. The van der Waals surface area contributed by atoms with E-state index in [1.54, 1.807) is 0 Å². The molecule has 7 heteroatoms. The molecule has 0 aliphatic rings. The van der Waals surface area contributed by atoms with Gasteiger partial charge in [-0.15, -0.1) is 0 Å². The maximum Gasteiger partial charge on any atom is 0.407 e. The van der Waals surface area contributed by atoms with Crippen LogP contribution < -0.4 is 10.6 Å². The topological polar surface area (TPSA) is 79.9 Å². The van der Waals surface area contributed by atoms with E-state index in [0.29, 0.717) is 13.1 Å². The molecular formula is C19H39N3O4. The molecule has 0 radical (unpaired) electrons. The Labute approximate surface area is 159 Å². The molecule has 0 saturated carbocycles. The first-order chi connectivity index (χ1) is 11.9. The summed E-state index contributed by atoms with van der Waals surface area (Å²) in [7, 11) is 2.09. The highest BCUT2D eigenvalue weighted by Gasteiger charge is 2.16. The van der Waals surface area contributed by atoms with Crippen molar-refractivity contribution in [2.75, 3.05) is 33.2 Å². The molecule has 0 unspecified atom stereocenters. The van der Waals surface area contributed by atoms with Crippen LogP contribution in [0.3, 0.4) is 0 Å². The van der Waals surface area contributed by atoms with Gasteiger partial charge in [-0.1, -0.05) is 0 Å². The summed E-state index contributed by atoms with van der Waals surface area (Å²) in [5.41, 5.74) is -0.911. The molecule has 0 saturated heterocycles. The lowest BCUT2D eigenvalue weighted by molar-refractivity contribution is 0.0515. The summed E-state index contributed by atoms with van der Waals surface area (Å²) < 4.78 is 10.4. The number of nitrogens with zero attached hydrogens (tertiary/aromatic N) is 1. The predicted octanol–water partition coefficient (Wildman–Crippen LogP) is 3.53. The summed E-state index contributed by atoms with van der Waals surface area (Å²) in [6.07, 6.45) is 3.16. The maximum atomic E-state index is 11.5. The van der Waals surface area contributed by atoms with Gasteiger partial charge in [-0.05, 0) is 87.4 Å². The second-order valence-corrected chi connectivity index (χ2v) is 8.57. The molecule has 2 N–H and O–H groups in total. The summed E-state index contributed by atoms with van der Waals surface area (Å²) in [5, 5.41) is 5.54. The number of carbonyl (C=O) groups excluding carboxylic acids is 2. The average Bonchev–Trinajstić information content (AvgIpc) is 2.42. The van der Waals surface area contributed by atoms with Crippen LogP contribution in [0.2, 0.25) is 0 Å². The van der Waals surface area contributed by atoms with Gasteiger partial charge in [-0.25, -0.2) is 9.59 Å². The monoisotopic (exact) mass is 373 g/mol. The van der Waals surface area contributed by atoms with Crippen molar-refractivity contribution < 1.29 is 19.1 Å². The van der Waals surface area contributed by atoms with Crippen molar-refractivity contribution in [3.05, 3.63) is 0 Å². The smallest absolute Gasteiger partial charge is 0.407 e. The van der Waals surface area contributed by atoms with Gasteiger partial charge in [0.2, 0.25) is 0 Å². The molecule has 0 fully saturated rings. The van der Waals surface area contributed by atoms with Crippen molar-refractivity contribution in [3.63, 3.8) is 0 Å². The van der Waals surface area contributed by atoms with Gasteiger partial charge >= 0.3 is 12.2 Å². The fourth-order valence-electron chi connectivity index (χ4n) is 2.13. The SMILES string of the molecule is CN(CCCCNC(=O)OC(C)(C)C)CCCCNC(=O)OC(C)(C)C. The zero-order valence-electron chi connectivity index (χ0n) is 17.7. The van der Waals surface area contributed by atoms with E-state index >= 15 is 0 Å². The number of hydrogen-bond acceptors (Lipinski definition) is 5. The number of ether oxygens (including phenoxy) is 2. The van der Waals surface area contributed by atoms with E-state index < -0.39 is 11.2 Å². The minimum absolute atomic E-state index is 0.358. The molecule has 0 aliphatic carbocycles. The fourth-order valence-corrected chi connectivity index (χ4v) is 2.13. The molecule has 0 aromatic rings. The summed E-state index contributed by atoms with van der Waals surface area (Å²) in [4.78, 5) is 25.3. The lowest BCUT2D eigenvalue weighted by Crippen LogP contribution is -2.33. The Balaban J connectivity index is 3.54. The number of nitrogens with one attached hydrogen (secondary N) is 2. The van der Waals surface area contributed by atoms with Crippen LogP contribution in [0.4, 0.5) is 9.59 Å². The summed E-state index contributed by atoms with van der Waals surface area (Å²) in [6.45, 7) is 14.3. The first-order valence-corrected chi connectivity index (χ1v) is 9.51. The Morgan fingerprint density at radius 2 is 1.08 bits per heavy atom. The second-order valence-electron chi connectivity index (χ2n) is 8.57. The van der Waals surface area contributed by atoms with Gasteiger partial charge in [0.25, 0.3) is 0 Å². The molecular weight excluding hydrogens is 334 g/mol. The number of rotatable bonds is 10. The van der Waals surface area contributed by atoms with Gasteiger partial charge in [0.05, 0.1) is 0 Å². The third kappa shape index (κ3) is 17.3. The normalized spacial score (nSPS) is 12.0. The zero-order chi connectivity index (χ0) is 20.2. The van der Waals surface area contributed by atoms with Crippen molar-refractivity contribution in [2.45, 2.75) is 78.4 Å². The summed E-state index contributed by atoms with van der Waals surface area (Å²) in [5.74, 6) is 0. The van der Waals surface area contributed by atoms with Crippen LogP contribution >= 0.6 is 0 Å². The number of hydrogen-bond donors (Lipinski definition) is 2. The maximum absolute atomic E-state index is 11.5. The highest BCUT2D eigenvalue weighted by Crippen LogP contribution is 2.07. The van der Waals surface area contributed by atoms with Crippen LogP contribution in [0.25, 0.3) is 0 Å². The Morgan fingerprint density at radius 3 is 1.38 bits per heavy atom. The van der Waals surface area contributed by atoms with Gasteiger partial charge < -0.3 is 25.0 Å². The lowest BCUT2D eigenvalue weighted by atomic mass is 10.2. The molecule has 2 amide bonds. The van der Waals surface area contributed by atoms with Crippen molar-refractivity contribution in [1.29, 1.82) is 0 Å². The van der Waals surface area contributed by atoms with E-state index in [-0.39, 0.29) is 12.2 Å². The van der Waals surface area contributed by atoms with E-state index in [9.17, 15) is 9.59 Å². The predicted molar refractivity (Wildman–Crippen MR) is 104 cm³/mol. The van der Waals surface area contributed by atoms with Crippen molar-refractivity contribution in [3.8, 4) is 0 Å². The molecule has 0 rings (SSSR count). The molecule has 0 spiro atoms. The van der Waals surface area contributed by atoms with Gasteiger partial charge in [0, 0.05) is 13.1 Å². The molecule has 154 valence electrons. The number of amides is 2. The third-order valence-corrected chi connectivity index (χ3v) is 3.27. The molecule has 0 bridgehead atoms. The van der Waals surface area contributed by atoms with E-state index in [0.717, 1.165) is 38.8 Å². The van der Waals surface area contributed by atoms with Crippen molar-refractivity contribution >= 4 is 12.2 Å². The van der Waals surface area contributed by atoms with E-state index in [1.165, 1.54) is 0 Å². The van der Waals surface area contributed by atoms with E-state index in [4.69, 9.17) is 9.47 Å². The van der Waals surface area contributed by atoms with Crippen LogP contribution in [0, 0.1) is 0 Å². The van der Waals surface area contributed by atoms with Gasteiger partial charge in [0.1, 0.15) is 11.2 Å². The number of alkyl carbamates (subject to hydrolysis) is 2. The molecule has 7 nitrogen and oxygen atoms in total. The van der Waals surface area contributed by atoms with Crippen LogP contribution in [-0.4, -0.2) is 61.5 Å². The fraction of sp³-hybridized carbons (Fsp3) is 0.895. The largest absolute Gasteiger partial charge is 0.444 e. The van der Waals surface area contributed by atoms with Crippen LogP contribution in [0.5, 0.6) is 0 Å². The minimum Gasteiger partial charge on any atom is -0.444 e. The Morgan fingerprint density at radius 1 is 0.731 bits per heavy atom. The summed E-state index contributed by atoms with van der Waals surface area (Å²) >= 11 is 0. The zero-order valence-corrected chi connectivity index (χ0v) is 17.7. The lowest BCUT2D eigenvalue weighted by Gasteiger charge is -2.20. The highest BCUT2D eigenvalue weighted by molar-refractivity contribution is 5.67. The first kappa shape index (κ1) is 24.5. The molecule has 0 atom stereocenters. The van der Waals surface area contributed by atoms with Crippen LogP contribution in [-0.2, 0) is 9.47 Å². The first-order valence-electron chi connectivity index (χ1n) is 9.51. The number of carbonyl (C=O) groups is 2. The van der Waals surface area contributed by atoms with Gasteiger partial charge in [-0.3, -0.25) is 0 Å².